The van der Waals surface area contributed by atoms with E-state index in [9.17, 15) is 4.79 Å². The number of nitrogens with zero attached hydrogens (tertiary/aromatic N) is 3. The van der Waals surface area contributed by atoms with Crippen LogP contribution in [0.3, 0.4) is 0 Å². The van der Waals surface area contributed by atoms with Crippen molar-refractivity contribution in [2.45, 2.75) is 37.3 Å². The van der Waals surface area contributed by atoms with Crippen molar-refractivity contribution in [2.24, 2.45) is 0 Å². The van der Waals surface area contributed by atoms with Crippen LogP contribution in [0, 0.1) is 11.3 Å². The van der Waals surface area contributed by atoms with Crippen LogP contribution in [-0.2, 0) is 21.5 Å². The minimum absolute atomic E-state index is 0.00859. The van der Waals surface area contributed by atoms with Crippen LogP contribution in [-0.4, -0.2) is 55.1 Å². The lowest BCUT2D eigenvalue weighted by molar-refractivity contribution is -0.132. The van der Waals surface area contributed by atoms with E-state index in [1.807, 2.05) is 29.2 Å². The average Bonchev–Trinajstić information content (AvgIpc) is 3.05. The third kappa shape index (κ3) is 3.98. The van der Waals surface area contributed by atoms with Gasteiger partial charge in [0.15, 0.2) is 0 Å². The molecule has 0 aromatic heterocycles. The van der Waals surface area contributed by atoms with Crippen LogP contribution in [0.4, 0.5) is 0 Å². The number of nitriles is 1. The molecular weight excluding hydrogens is 374 g/mol. The molecular formula is C25H29N3O2. The van der Waals surface area contributed by atoms with E-state index in [0.29, 0.717) is 25.1 Å². The van der Waals surface area contributed by atoms with Crippen LogP contribution in [0.25, 0.3) is 0 Å². The van der Waals surface area contributed by atoms with E-state index in [0.717, 1.165) is 32.5 Å². The average molecular weight is 404 g/mol. The number of hydrogen-bond acceptors (Lipinski definition) is 4. The summed E-state index contributed by atoms with van der Waals surface area (Å²) in [6, 6.07) is 20.9. The van der Waals surface area contributed by atoms with Crippen LogP contribution >= 0.6 is 0 Å². The highest BCUT2D eigenvalue weighted by atomic mass is 16.5. The number of ether oxygens (including phenoxy) is 1. The molecule has 2 aliphatic rings. The Balaban J connectivity index is 1.63. The fraction of sp³-hybridized carbons (Fsp3) is 0.440. The van der Waals surface area contributed by atoms with E-state index >= 15 is 0 Å². The lowest BCUT2D eigenvalue weighted by Gasteiger charge is -2.37. The Bertz CT molecular complexity index is 906. The first-order valence-electron chi connectivity index (χ1n) is 10.7. The molecule has 2 heterocycles. The van der Waals surface area contributed by atoms with Crippen molar-refractivity contribution in [1.29, 1.82) is 5.26 Å². The zero-order chi connectivity index (χ0) is 21.0. The number of fused-ring (bicyclic) bond motifs is 1. The quantitative estimate of drug-likeness (QED) is 0.742. The number of carbonyl (C=O) groups excluding carboxylic acids is 1. The lowest BCUT2D eigenvalue weighted by Crippen LogP contribution is -2.43. The number of carbonyl (C=O) groups is 1. The van der Waals surface area contributed by atoms with Crippen LogP contribution in [0.15, 0.2) is 54.6 Å². The van der Waals surface area contributed by atoms with E-state index in [-0.39, 0.29) is 17.4 Å². The molecule has 2 unspecified atom stereocenters. The first-order chi connectivity index (χ1) is 14.7. The van der Waals surface area contributed by atoms with Gasteiger partial charge in [0, 0.05) is 44.6 Å². The van der Waals surface area contributed by atoms with Gasteiger partial charge in [-0.3, -0.25) is 9.69 Å². The van der Waals surface area contributed by atoms with Gasteiger partial charge in [0.05, 0.1) is 18.2 Å². The van der Waals surface area contributed by atoms with Gasteiger partial charge in [0.2, 0.25) is 5.91 Å². The van der Waals surface area contributed by atoms with Gasteiger partial charge in [-0.1, -0.05) is 42.5 Å². The topological polar surface area (TPSA) is 56.6 Å². The van der Waals surface area contributed by atoms with Gasteiger partial charge in [-0.05, 0) is 42.6 Å². The second-order valence-corrected chi connectivity index (χ2v) is 8.39. The number of amides is 1. The summed E-state index contributed by atoms with van der Waals surface area (Å²) in [5.74, 6) is 0.224. The van der Waals surface area contributed by atoms with Crippen LogP contribution < -0.4 is 0 Å². The number of benzene rings is 2. The predicted octanol–water partition coefficient (Wildman–Crippen LogP) is 3.34. The van der Waals surface area contributed by atoms with Gasteiger partial charge >= 0.3 is 0 Å². The number of hydrogen-bond donors (Lipinski definition) is 0. The number of methoxy groups -OCH3 is 1. The predicted molar refractivity (Wildman–Crippen MR) is 116 cm³/mol. The van der Waals surface area contributed by atoms with Gasteiger partial charge in [0.25, 0.3) is 0 Å². The fourth-order valence-corrected chi connectivity index (χ4v) is 5.18. The van der Waals surface area contributed by atoms with Gasteiger partial charge in [-0.25, -0.2) is 0 Å². The fourth-order valence-electron chi connectivity index (χ4n) is 5.18. The molecule has 0 aliphatic carbocycles. The van der Waals surface area contributed by atoms with Crippen molar-refractivity contribution in [3.63, 3.8) is 0 Å². The molecule has 0 N–H and O–H groups in total. The lowest BCUT2D eigenvalue weighted by atomic mass is 9.71. The van der Waals surface area contributed by atoms with Crippen molar-refractivity contribution in [3.8, 4) is 6.07 Å². The Labute approximate surface area is 178 Å². The SMILES string of the molecule is COCCN1CCC2(c3ccccc3)CCN(Cc3ccc(C#N)cc3)C2CC1=O. The molecule has 0 saturated carbocycles. The molecule has 2 aromatic rings. The maximum Gasteiger partial charge on any atom is 0.224 e. The van der Waals surface area contributed by atoms with Crippen molar-refractivity contribution in [3.05, 3.63) is 71.3 Å². The molecule has 4 rings (SSSR count). The standard InChI is InChI=1S/C25H29N3O2/c1-30-16-15-27-13-11-25(22-5-3-2-4-6-22)12-14-28(23(25)17-24(27)29)19-21-9-7-20(18-26)8-10-21/h2-10,23H,11-17,19H2,1H3. The summed E-state index contributed by atoms with van der Waals surface area (Å²) in [6.07, 6.45) is 2.57. The second kappa shape index (κ2) is 8.99. The summed E-state index contributed by atoms with van der Waals surface area (Å²) in [6.45, 7) is 3.78. The largest absolute Gasteiger partial charge is 0.383 e. The highest BCUT2D eigenvalue weighted by molar-refractivity contribution is 5.77. The molecule has 5 heteroatoms. The Morgan fingerprint density at radius 2 is 1.83 bits per heavy atom. The van der Waals surface area contributed by atoms with Gasteiger partial charge in [-0.2, -0.15) is 5.26 Å². The Hall–Kier alpha value is -2.68. The zero-order valence-electron chi connectivity index (χ0n) is 17.6. The van der Waals surface area contributed by atoms with Crippen LogP contribution in [0.5, 0.6) is 0 Å². The molecule has 0 radical (unpaired) electrons. The normalized spacial score (nSPS) is 24.3. The summed E-state index contributed by atoms with van der Waals surface area (Å²) in [7, 11) is 1.68. The van der Waals surface area contributed by atoms with Crippen LogP contribution in [0.2, 0.25) is 0 Å². The monoisotopic (exact) mass is 403 g/mol. The van der Waals surface area contributed by atoms with E-state index < -0.39 is 0 Å². The smallest absolute Gasteiger partial charge is 0.224 e. The molecule has 2 fully saturated rings. The van der Waals surface area contributed by atoms with Crippen LogP contribution in [0.1, 0.15) is 36.0 Å². The third-order valence-corrected chi connectivity index (χ3v) is 6.86. The molecule has 2 aromatic carbocycles. The Kier molecular flexibility index (Phi) is 6.17. The van der Waals surface area contributed by atoms with E-state index in [1.165, 1.54) is 11.1 Å². The maximum absolute atomic E-state index is 13.1. The Morgan fingerprint density at radius 1 is 1.10 bits per heavy atom. The summed E-state index contributed by atoms with van der Waals surface area (Å²) in [4.78, 5) is 17.6. The minimum Gasteiger partial charge on any atom is -0.383 e. The van der Waals surface area contributed by atoms with E-state index in [2.05, 4.69) is 41.3 Å². The summed E-state index contributed by atoms with van der Waals surface area (Å²) < 4.78 is 5.23. The van der Waals surface area contributed by atoms with Crippen molar-refractivity contribution in [2.75, 3.05) is 33.4 Å². The van der Waals surface area contributed by atoms with Crippen molar-refractivity contribution < 1.29 is 9.53 Å². The molecule has 30 heavy (non-hydrogen) atoms. The summed E-state index contributed by atoms with van der Waals surface area (Å²) in [5, 5.41) is 9.06. The second-order valence-electron chi connectivity index (χ2n) is 8.39. The van der Waals surface area contributed by atoms with Gasteiger partial charge in [0.1, 0.15) is 0 Å². The van der Waals surface area contributed by atoms with Gasteiger partial charge in [-0.15, -0.1) is 0 Å². The zero-order valence-corrected chi connectivity index (χ0v) is 17.6. The molecule has 5 nitrogen and oxygen atoms in total. The molecule has 2 aliphatic heterocycles. The highest BCUT2D eigenvalue weighted by Gasteiger charge is 2.50. The minimum atomic E-state index is -0.00859. The third-order valence-electron chi connectivity index (χ3n) is 6.86. The highest BCUT2D eigenvalue weighted by Crippen LogP contribution is 2.46. The number of likely N-dealkylation sites (tertiary alicyclic amines) is 2. The molecule has 1 amide bonds. The van der Waals surface area contributed by atoms with E-state index in [1.54, 1.807) is 7.11 Å². The molecule has 156 valence electrons. The number of rotatable bonds is 6. The first-order valence-corrected chi connectivity index (χ1v) is 10.7. The molecule has 2 atom stereocenters. The molecule has 0 bridgehead atoms. The van der Waals surface area contributed by atoms with Gasteiger partial charge < -0.3 is 9.64 Å². The van der Waals surface area contributed by atoms with Crippen molar-refractivity contribution >= 4 is 5.91 Å². The first kappa shape index (κ1) is 20.6. The molecule has 0 spiro atoms. The summed E-state index contributed by atoms with van der Waals surface area (Å²) >= 11 is 0. The van der Waals surface area contributed by atoms with E-state index in [4.69, 9.17) is 10.00 Å². The maximum atomic E-state index is 13.1. The Morgan fingerprint density at radius 3 is 2.53 bits per heavy atom. The van der Waals surface area contributed by atoms with Crippen molar-refractivity contribution in [1.82, 2.24) is 9.80 Å². The summed E-state index contributed by atoms with van der Waals surface area (Å²) in [5.41, 5.74) is 3.20. The molecule has 2 saturated heterocycles.